The summed E-state index contributed by atoms with van der Waals surface area (Å²) in [5.74, 6) is 0.370. The van der Waals surface area contributed by atoms with Gasteiger partial charge in [0.1, 0.15) is 0 Å². The Morgan fingerprint density at radius 2 is 2.13 bits per heavy atom. The van der Waals surface area contributed by atoms with Gasteiger partial charge < -0.3 is 19.9 Å². The van der Waals surface area contributed by atoms with Gasteiger partial charge >= 0.3 is 0 Å². The van der Waals surface area contributed by atoms with E-state index in [9.17, 15) is 4.79 Å². The van der Waals surface area contributed by atoms with Crippen molar-refractivity contribution in [3.8, 4) is 0 Å². The molecule has 3 heterocycles. The zero-order valence-electron chi connectivity index (χ0n) is 17.2. The lowest BCUT2D eigenvalue weighted by Gasteiger charge is -2.23. The molecule has 4 rings (SSSR count). The Morgan fingerprint density at radius 1 is 1.23 bits per heavy atom. The largest absolute Gasteiger partial charge is 0.376 e. The summed E-state index contributed by atoms with van der Waals surface area (Å²) in [6, 6.07) is 5.38. The highest BCUT2D eigenvalue weighted by atomic mass is 35.5. The van der Waals surface area contributed by atoms with Crippen LogP contribution in [0.5, 0.6) is 0 Å². The molecule has 1 saturated heterocycles. The number of anilines is 1. The predicted molar refractivity (Wildman–Crippen MR) is 123 cm³/mol. The molecule has 0 saturated carbocycles. The molecule has 3 N–H and O–H groups in total. The molecule has 31 heavy (non-hydrogen) atoms. The molecular formula is C21H26Cl2N6O2. The molecule has 10 heteroatoms. The van der Waals surface area contributed by atoms with Gasteiger partial charge in [-0.1, -0.05) is 42.1 Å². The van der Waals surface area contributed by atoms with Gasteiger partial charge in [0.2, 0.25) is 5.95 Å². The molecule has 2 aromatic heterocycles. The molecule has 0 bridgehead atoms. The summed E-state index contributed by atoms with van der Waals surface area (Å²) in [6.07, 6.45) is 6.23. The first kappa shape index (κ1) is 22.1. The summed E-state index contributed by atoms with van der Waals surface area (Å²) in [4.78, 5) is 24.2. The molecule has 0 aliphatic carbocycles. The molecule has 0 radical (unpaired) electrons. The smallest absolute Gasteiger partial charge is 0.278 e. The standard InChI is InChI=1S/C21H26Cl2N6O2/c22-16-6-5-14(10-17(16)23)11-25-21-27-19-18(20(30)28-21)29(13-26-19)8-3-1-2-4-15-12-24-7-9-31-15/h5-6,10,13,15,24H,1-4,7-9,11-12H2,(H2,25,27,28,30). The van der Waals surface area contributed by atoms with Gasteiger partial charge in [-0.15, -0.1) is 0 Å². The van der Waals surface area contributed by atoms with Gasteiger partial charge in [-0.3, -0.25) is 9.78 Å². The first-order valence-electron chi connectivity index (χ1n) is 10.6. The van der Waals surface area contributed by atoms with E-state index in [1.807, 2.05) is 10.6 Å². The van der Waals surface area contributed by atoms with Crippen molar-refractivity contribution in [1.29, 1.82) is 0 Å². The number of benzene rings is 1. The van der Waals surface area contributed by atoms with Crippen LogP contribution in [0.2, 0.25) is 10.0 Å². The minimum atomic E-state index is -0.208. The van der Waals surface area contributed by atoms with Gasteiger partial charge in [0.05, 0.1) is 29.1 Å². The number of fused-ring (bicyclic) bond motifs is 1. The molecule has 1 aliphatic rings. The van der Waals surface area contributed by atoms with Crippen LogP contribution >= 0.6 is 23.2 Å². The van der Waals surface area contributed by atoms with Crippen LogP contribution in [0.25, 0.3) is 11.2 Å². The van der Waals surface area contributed by atoms with Gasteiger partial charge in [-0.25, -0.2) is 4.98 Å². The lowest BCUT2D eigenvalue weighted by atomic mass is 10.1. The third kappa shape index (κ3) is 5.77. The Balaban J connectivity index is 1.31. The summed E-state index contributed by atoms with van der Waals surface area (Å²) in [5, 5.41) is 7.45. The number of unbranched alkanes of at least 4 members (excludes halogenated alkanes) is 2. The summed E-state index contributed by atoms with van der Waals surface area (Å²) in [5.41, 5.74) is 1.65. The molecule has 8 nitrogen and oxygen atoms in total. The molecular weight excluding hydrogens is 439 g/mol. The molecule has 1 unspecified atom stereocenters. The van der Waals surface area contributed by atoms with Gasteiger partial charge in [0.15, 0.2) is 11.2 Å². The van der Waals surface area contributed by atoms with Gasteiger partial charge in [-0.2, -0.15) is 4.98 Å². The molecule has 3 aromatic rings. The second-order valence-electron chi connectivity index (χ2n) is 7.67. The van der Waals surface area contributed by atoms with Crippen molar-refractivity contribution in [3.63, 3.8) is 0 Å². The second-order valence-corrected chi connectivity index (χ2v) is 8.49. The molecule has 0 spiro atoms. The number of nitrogens with zero attached hydrogens (tertiary/aromatic N) is 3. The second kappa shape index (κ2) is 10.5. The van der Waals surface area contributed by atoms with E-state index in [0.29, 0.717) is 39.8 Å². The number of hydrogen-bond acceptors (Lipinski definition) is 6. The zero-order valence-corrected chi connectivity index (χ0v) is 18.7. The maximum absolute atomic E-state index is 12.6. The van der Waals surface area contributed by atoms with Crippen LogP contribution in [0, 0.1) is 0 Å². The number of H-pyrrole nitrogens is 1. The fourth-order valence-corrected chi connectivity index (χ4v) is 4.03. The predicted octanol–water partition coefficient (Wildman–Crippen LogP) is 3.59. The Morgan fingerprint density at radius 3 is 2.94 bits per heavy atom. The van der Waals surface area contributed by atoms with E-state index in [-0.39, 0.29) is 5.56 Å². The highest BCUT2D eigenvalue weighted by molar-refractivity contribution is 6.42. The zero-order chi connectivity index (χ0) is 21.6. The van der Waals surface area contributed by atoms with Crippen LogP contribution in [0.3, 0.4) is 0 Å². The summed E-state index contributed by atoms with van der Waals surface area (Å²) in [7, 11) is 0. The van der Waals surface area contributed by atoms with E-state index in [0.717, 1.165) is 57.5 Å². The molecule has 166 valence electrons. The monoisotopic (exact) mass is 464 g/mol. The van der Waals surface area contributed by atoms with Crippen molar-refractivity contribution in [3.05, 3.63) is 50.5 Å². The lowest BCUT2D eigenvalue weighted by molar-refractivity contribution is 0.0220. The Hall–Kier alpha value is -2.13. The molecule has 1 aromatic carbocycles. The number of morpholine rings is 1. The van der Waals surface area contributed by atoms with Crippen molar-refractivity contribution in [1.82, 2.24) is 24.8 Å². The minimum Gasteiger partial charge on any atom is -0.376 e. The van der Waals surface area contributed by atoms with E-state index in [1.165, 1.54) is 0 Å². The number of ether oxygens (including phenoxy) is 1. The van der Waals surface area contributed by atoms with Crippen molar-refractivity contribution in [2.45, 2.75) is 44.9 Å². The van der Waals surface area contributed by atoms with E-state index >= 15 is 0 Å². The summed E-state index contributed by atoms with van der Waals surface area (Å²) >= 11 is 12.0. The number of halogens is 2. The first-order chi connectivity index (χ1) is 15.1. The Kier molecular flexibility index (Phi) is 7.45. The molecule has 0 amide bonds. The molecule has 1 aliphatic heterocycles. The minimum absolute atomic E-state index is 0.208. The quantitative estimate of drug-likeness (QED) is 0.418. The first-order valence-corrected chi connectivity index (χ1v) is 11.3. The number of aryl methyl sites for hydroxylation is 1. The van der Waals surface area contributed by atoms with Gasteiger partial charge in [0, 0.05) is 26.2 Å². The number of hydrogen-bond donors (Lipinski definition) is 3. The Bertz CT molecular complexity index is 1080. The lowest BCUT2D eigenvalue weighted by Crippen LogP contribution is -2.38. The van der Waals surface area contributed by atoms with E-state index < -0.39 is 0 Å². The van der Waals surface area contributed by atoms with Crippen molar-refractivity contribution in [2.75, 3.05) is 25.0 Å². The van der Waals surface area contributed by atoms with Crippen molar-refractivity contribution >= 4 is 40.3 Å². The average molecular weight is 465 g/mol. The summed E-state index contributed by atoms with van der Waals surface area (Å²) in [6.45, 7) is 3.87. The highest BCUT2D eigenvalue weighted by Gasteiger charge is 2.13. The maximum atomic E-state index is 12.6. The van der Waals surface area contributed by atoms with E-state index in [4.69, 9.17) is 27.9 Å². The molecule has 1 atom stereocenters. The normalized spacial score (nSPS) is 16.6. The van der Waals surface area contributed by atoms with Crippen LogP contribution in [-0.2, 0) is 17.8 Å². The van der Waals surface area contributed by atoms with Crippen LogP contribution < -0.4 is 16.2 Å². The van der Waals surface area contributed by atoms with Crippen molar-refractivity contribution in [2.24, 2.45) is 0 Å². The average Bonchev–Trinajstić information content (AvgIpc) is 3.18. The topological polar surface area (TPSA) is 96.9 Å². The third-order valence-corrected chi connectivity index (χ3v) is 6.10. The van der Waals surface area contributed by atoms with E-state index in [1.54, 1.807) is 18.5 Å². The van der Waals surface area contributed by atoms with Crippen LogP contribution in [-0.4, -0.2) is 45.3 Å². The van der Waals surface area contributed by atoms with Crippen molar-refractivity contribution < 1.29 is 4.74 Å². The third-order valence-electron chi connectivity index (χ3n) is 5.36. The van der Waals surface area contributed by atoms with Crippen LogP contribution in [0.15, 0.2) is 29.3 Å². The van der Waals surface area contributed by atoms with E-state index in [2.05, 4.69) is 25.6 Å². The number of imidazole rings is 1. The highest BCUT2D eigenvalue weighted by Crippen LogP contribution is 2.23. The van der Waals surface area contributed by atoms with Gasteiger partial charge in [-0.05, 0) is 30.5 Å². The molecule has 1 fully saturated rings. The number of aromatic nitrogens is 4. The number of rotatable bonds is 9. The Labute approximate surface area is 190 Å². The van der Waals surface area contributed by atoms with Crippen LogP contribution in [0.4, 0.5) is 5.95 Å². The fourth-order valence-electron chi connectivity index (χ4n) is 3.71. The van der Waals surface area contributed by atoms with Crippen LogP contribution in [0.1, 0.15) is 31.2 Å². The maximum Gasteiger partial charge on any atom is 0.278 e. The fraction of sp³-hybridized carbons (Fsp3) is 0.476. The van der Waals surface area contributed by atoms with Gasteiger partial charge in [0.25, 0.3) is 5.56 Å². The SMILES string of the molecule is O=c1[nH]c(NCc2ccc(Cl)c(Cl)c2)nc2ncn(CCCCCC3CNCCO3)c12. The number of nitrogens with one attached hydrogen (secondary N) is 3. The summed E-state index contributed by atoms with van der Waals surface area (Å²) < 4.78 is 7.60. The number of aromatic amines is 1.